The fourth-order valence-electron chi connectivity index (χ4n) is 2.05. The topological polar surface area (TPSA) is 49.3 Å². The fraction of sp³-hybridized carbons (Fsp3) is 0.917. The molecule has 1 aliphatic carbocycles. The Kier molecular flexibility index (Phi) is 5.09. The van der Waals surface area contributed by atoms with Gasteiger partial charge in [-0.25, -0.2) is 0 Å². The SMILES string of the molecule is CCCCCCCNC1(C(=O)O)CCC1. The van der Waals surface area contributed by atoms with Crippen LogP contribution in [0.1, 0.15) is 58.3 Å². The van der Waals surface area contributed by atoms with Crippen LogP contribution < -0.4 is 5.32 Å². The van der Waals surface area contributed by atoms with Crippen LogP contribution in [-0.4, -0.2) is 23.2 Å². The van der Waals surface area contributed by atoms with Gasteiger partial charge in [-0.05, 0) is 32.2 Å². The van der Waals surface area contributed by atoms with Crippen molar-refractivity contribution < 1.29 is 9.90 Å². The van der Waals surface area contributed by atoms with Crippen molar-refractivity contribution in [3.63, 3.8) is 0 Å². The lowest BCUT2D eigenvalue weighted by molar-refractivity contribution is -0.148. The van der Waals surface area contributed by atoms with Crippen molar-refractivity contribution in [1.29, 1.82) is 0 Å². The predicted molar refractivity (Wildman–Crippen MR) is 61.0 cm³/mol. The van der Waals surface area contributed by atoms with Gasteiger partial charge in [-0.1, -0.05) is 32.6 Å². The first-order valence-corrected chi connectivity index (χ1v) is 6.20. The summed E-state index contributed by atoms with van der Waals surface area (Å²) in [4.78, 5) is 11.0. The van der Waals surface area contributed by atoms with E-state index in [2.05, 4.69) is 12.2 Å². The van der Waals surface area contributed by atoms with Crippen LogP contribution in [0.4, 0.5) is 0 Å². The summed E-state index contributed by atoms with van der Waals surface area (Å²) < 4.78 is 0. The molecule has 0 saturated heterocycles. The monoisotopic (exact) mass is 213 g/mol. The molecule has 0 spiro atoms. The summed E-state index contributed by atoms with van der Waals surface area (Å²) in [5.41, 5.74) is -0.565. The lowest BCUT2D eigenvalue weighted by Crippen LogP contribution is -2.57. The van der Waals surface area contributed by atoms with Gasteiger partial charge in [0.15, 0.2) is 0 Å². The second-order valence-corrected chi connectivity index (χ2v) is 4.58. The summed E-state index contributed by atoms with van der Waals surface area (Å²) >= 11 is 0. The average Bonchev–Trinajstić information content (AvgIpc) is 2.13. The van der Waals surface area contributed by atoms with Crippen molar-refractivity contribution in [1.82, 2.24) is 5.32 Å². The van der Waals surface area contributed by atoms with Crippen LogP contribution in [0.15, 0.2) is 0 Å². The van der Waals surface area contributed by atoms with E-state index in [1.165, 1.54) is 25.7 Å². The van der Waals surface area contributed by atoms with Crippen LogP contribution >= 0.6 is 0 Å². The maximum atomic E-state index is 11.0. The third-order valence-electron chi connectivity index (χ3n) is 3.36. The molecule has 0 aromatic carbocycles. The standard InChI is InChI=1S/C12H23NO2/c1-2-3-4-5-6-10-13-12(11(14)15)8-7-9-12/h13H,2-10H2,1H3,(H,14,15). The molecule has 0 amide bonds. The van der Waals surface area contributed by atoms with Gasteiger partial charge in [0.05, 0.1) is 0 Å². The first-order valence-electron chi connectivity index (χ1n) is 6.20. The quantitative estimate of drug-likeness (QED) is 0.609. The minimum Gasteiger partial charge on any atom is -0.480 e. The van der Waals surface area contributed by atoms with Gasteiger partial charge in [-0.2, -0.15) is 0 Å². The van der Waals surface area contributed by atoms with Crippen molar-refractivity contribution in [3.8, 4) is 0 Å². The van der Waals surface area contributed by atoms with Crippen molar-refractivity contribution in [2.75, 3.05) is 6.54 Å². The maximum Gasteiger partial charge on any atom is 0.323 e. The molecule has 15 heavy (non-hydrogen) atoms. The summed E-state index contributed by atoms with van der Waals surface area (Å²) in [6, 6.07) is 0. The molecular weight excluding hydrogens is 190 g/mol. The highest BCUT2D eigenvalue weighted by molar-refractivity contribution is 5.79. The highest BCUT2D eigenvalue weighted by Crippen LogP contribution is 2.31. The molecule has 88 valence electrons. The first kappa shape index (κ1) is 12.5. The molecule has 1 rings (SSSR count). The summed E-state index contributed by atoms with van der Waals surface area (Å²) in [6.45, 7) is 3.06. The lowest BCUT2D eigenvalue weighted by atomic mass is 9.77. The Morgan fingerprint density at radius 3 is 2.40 bits per heavy atom. The Bertz CT molecular complexity index is 200. The molecule has 0 radical (unpaired) electrons. The normalized spacial score (nSPS) is 18.5. The molecule has 2 N–H and O–H groups in total. The molecule has 0 atom stereocenters. The molecule has 0 aromatic heterocycles. The molecule has 0 unspecified atom stereocenters. The van der Waals surface area contributed by atoms with E-state index < -0.39 is 11.5 Å². The minimum atomic E-state index is -0.665. The molecule has 0 bridgehead atoms. The molecular formula is C12H23NO2. The first-order chi connectivity index (χ1) is 7.21. The van der Waals surface area contributed by atoms with Crippen molar-refractivity contribution in [2.24, 2.45) is 0 Å². The van der Waals surface area contributed by atoms with Gasteiger partial charge >= 0.3 is 5.97 Å². The number of hydrogen-bond acceptors (Lipinski definition) is 2. The van der Waals surface area contributed by atoms with E-state index in [-0.39, 0.29) is 0 Å². The minimum absolute atomic E-state index is 0.565. The number of hydrogen-bond donors (Lipinski definition) is 2. The van der Waals surface area contributed by atoms with Gasteiger partial charge in [-0.3, -0.25) is 4.79 Å². The third-order valence-corrected chi connectivity index (χ3v) is 3.36. The van der Waals surface area contributed by atoms with E-state index in [1.54, 1.807) is 0 Å². The molecule has 3 nitrogen and oxygen atoms in total. The fourth-order valence-corrected chi connectivity index (χ4v) is 2.05. The summed E-state index contributed by atoms with van der Waals surface area (Å²) in [7, 11) is 0. The highest BCUT2D eigenvalue weighted by Gasteiger charge is 2.43. The summed E-state index contributed by atoms with van der Waals surface area (Å²) in [6.07, 6.45) is 8.81. The average molecular weight is 213 g/mol. The second-order valence-electron chi connectivity index (χ2n) is 4.58. The number of carboxylic acid groups (broad SMARTS) is 1. The zero-order valence-corrected chi connectivity index (χ0v) is 9.72. The molecule has 0 heterocycles. The number of unbranched alkanes of at least 4 members (excludes halogenated alkanes) is 4. The van der Waals surface area contributed by atoms with Gasteiger partial charge < -0.3 is 10.4 Å². The smallest absolute Gasteiger partial charge is 0.323 e. The van der Waals surface area contributed by atoms with Crippen LogP contribution in [-0.2, 0) is 4.79 Å². The van der Waals surface area contributed by atoms with Gasteiger partial charge in [0.2, 0.25) is 0 Å². The molecule has 0 aromatic rings. The Labute approximate surface area is 92.3 Å². The van der Waals surface area contributed by atoms with Crippen LogP contribution in [0.3, 0.4) is 0 Å². The van der Waals surface area contributed by atoms with E-state index in [1.807, 2.05) is 0 Å². The van der Waals surface area contributed by atoms with Crippen molar-refractivity contribution in [2.45, 2.75) is 63.8 Å². The Morgan fingerprint density at radius 2 is 1.93 bits per heavy atom. The Balaban J connectivity index is 2.06. The zero-order valence-electron chi connectivity index (χ0n) is 9.72. The summed E-state index contributed by atoms with van der Waals surface area (Å²) in [5.74, 6) is -0.665. The highest BCUT2D eigenvalue weighted by atomic mass is 16.4. The number of aliphatic carboxylic acids is 1. The van der Waals surface area contributed by atoms with Crippen LogP contribution in [0, 0.1) is 0 Å². The molecule has 1 aliphatic rings. The van der Waals surface area contributed by atoms with Crippen molar-refractivity contribution in [3.05, 3.63) is 0 Å². The summed E-state index contributed by atoms with van der Waals surface area (Å²) in [5, 5.41) is 12.3. The van der Waals surface area contributed by atoms with Gasteiger partial charge in [0, 0.05) is 0 Å². The maximum absolute atomic E-state index is 11.0. The van der Waals surface area contributed by atoms with Gasteiger partial charge in [0.25, 0.3) is 0 Å². The van der Waals surface area contributed by atoms with Crippen molar-refractivity contribution >= 4 is 5.97 Å². The predicted octanol–water partition coefficient (Wildman–Crippen LogP) is 2.55. The number of nitrogens with one attached hydrogen (secondary N) is 1. The van der Waals surface area contributed by atoms with Gasteiger partial charge in [-0.15, -0.1) is 0 Å². The van der Waals surface area contributed by atoms with E-state index in [0.717, 1.165) is 32.2 Å². The molecule has 3 heteroatoms. The largest absolute Gasteiger partial charge is 0.480 e. The van der Waals surface area contributed by atoms with E-state index >= 15 is 0 Å². The van der Waals surface area contributed by atoms with E-state index in [9.17, 15) is 4.79 Å². The Morgan fingerprint density at radius 1 is 1.27 bits per heavy atom. The van der Waals surface area contributed by atoms with E-state index in [4.69, 9.17) is 5.11 Å². The number of rotatable bonds is 8. The van der Waals surface area contributed by atoms with Crippen LogP contribution in [0.25, 0.3) is 0 Å². The molecule has 1 fully saturated rings. The Hall–Kier alpha value is -0.570. The zero-order chi connectivity index (χ0) is 11.1. The van der Waals surface area contributed by atoms with Crippen LogP contribution in [0.5, 0.6) is 0 Å². The third kappa shape index (κ3) is 3.49. The van der Waals surface area contributed by atoms with E-state index in [0.29, 0.717) is 0 Å². The second kappa shape index (κ2) is 6.11. The van der Waals surface area contributed by atoms with Gasteiger partial charge in [0.1, 0.15) is 5.54 Å². The number of carbonyl (C=O) groups is 1. The molecule has 0 aliphatic heterocycles. The molecule has 1 saturated carbocycles. The lowest BCUT2D eigenvalue weighted by Gasteiger charge is -2.38. The van der Waals surface area contributed by atoms with Crippen LogP contribution in [0.2, 0.25) is 0 Å². The number of carboxylic acids is 1.